The SMILES string of the molecule is O=C(O)CN1C(=O)CCCN1C1CCC1. The zero-order valence-electron chi connectivity index (χ0n) is 8.69. The first-order valence-corrected chi connectivity index (χ1v) is 5.47. The lowest BCUT2D eigenvalue weighted by Gasteiger charge is -2.45. The van der Waals surface area contributed by atoms with E-state index in [1.54, 1.807) is 0 Å². The van der Waals surface area contributed by atoms with Crippen molar-refractivity contribution in [2.24, 2.45) is 0 Å². The third-order valence-corrected chi connectivity index (χ3v) is 3.16. The second-order valence-corrected chi connectivity index (χ2v) is 4.20. The van der Waals surface area contributed by atoms with Gasteiger partial charge in [0.25, 0.3) is 0 Å². The molecule has 0 unspecified atom stereocenters. The zero-order valence-corrected chi connectivity index (χ0v) is 8.69. The van der Waals surface area contributed by atoms with Crippen molar-refractivity contribution in [1.82, 2.24) is 10.0 Å². The number of carbonyl (C=O) groups is 2. The van der Waals surface area contributed by atoms with Crippen LogP contribution in [0.3, 0.4) is 0 Å². The Kier molecular flexibility index (Phi) is 2.90. The highest BCUT2D eigenvalue weighted by Gasteiger charge is 2.35. The largest absolute Gasteiger partial charge is 0.480 e. The number of hydrogen-bond acceptors (Lipinski definition) is 3. The Morgan fingerprint density at radius 3 is 2.67 bits per heavy atom. The first-order chi connectivity index (χ1) is 7.18. The van der Waals surface area contributed by atoms with Gasteiger partial charge in [-0.15, -0.1) is 0 Å². The summed E-state index contributed by atoms with van der Waals surface area (Å²) in [6.45, 7) is 0.638. The Balaban J connectivity index is 2.03. The summed E-state index contributed by atoms with van der Waals surface area (Å²) in [6, 6.07) is 0.397. The Hall–Kier alpha value is -1.10. The minimum Gasteiger partial charge on any atom is -0.480 e. The molecule has 0 bridgehead atoms. The van der Waals surface area contributed by atoms with Crippen molar-refractivity contribution in [1.29, 1.82) is 0 Å². The number of rotatable bonds is 3. The molecule has 1 saturated heterocycles. The van der Waals surface area contributed by atoms with Crippen LogP contribution in [0.25, 0.3) is 0 Å². The zero-order chi connectivity index (χ0) is 10.8. The number of hydrazine groups is 1. The summed E-state index contributed by atoms with van der Waals surface area (Å²) in [7, 11) is 0. The van der Waals surface area contributed by atoms with E-state index in [4.69, 9.17) is 5.11 Å². The fourth-order valence-corrected chi connectivity index (χ4v) is 2.16. The molecule has 0 aromatic carbocycles. The quantitative estimate of drug-likeness (QED) is 0.738. The van der Waals surface area contributed by atoms with Crippen LogP contribution in [-0.4, -0.2) is 46.1 Å². The Morgan fingerprint density at radius 1 is 1.40 bits per heavy atom. The first kappa shape index (κ1) is 10.4. The summed E-state index contributed by atoms with van der Waals surface area (Å²) < 4.78 is 0. The number of hydrogen-bond donors (Lipinski definition) is 1. The molecule has 1 aliphatic heterocycles. The van der Waals surface area contributed by atoms with Gasteiger partial charge in [0, 0.05) is 19.0 Å². The maximum Gasteiger partial charge on any atom is 0.324 e. The average molecular weight is 212 g/mol. The molecule has 1 N–H and O–H groups in total. The summed E-state index contributed by atoms with van der Waals surface area (Å²) in [6.07, 6.45) is 4.70. The number of carbonyl (C=O) groups excluding carboxylic acids is 1. The molecule has 0 radical (unpaired) electrons. The fraction of sp³-hybridized carbons (Fsp3) is 0.800. The van der Waals surface area contributed by atoms with Gasteiger partial charge in [0.05, 0.1) is 0 Å². The van der Waals surface area contributed by atoms with Crippen molar-refractivity contribution >= 4 is 11.9 Å². The van der Waals surface area contributed by atoms with Gasteiger partial charge in [0.2, 0.25) is 5.91 Å². The molecule has 5 nitrogen and oxygen atoms in total. The van der Waals surface area contributed by atoms with Crippen LogP contribution >= 0.6 is 0 Å². The predicted molar refractivity (Wildman–Crippen MR) is 52.9 cm³/mol. The van der Waals surface area contributed by atoms with E-state index in [-0.39, 0.29) is 12.5 Å². The molecule has 2 fully saturated rings. The lowest BCUT2D eigenvalue weighted by atomic mass is 9.92. The smallest absolute Gasteiger partial charge is 0.324 e. The van der Waals surface area contributed by atoms with Gasteiger partial charge in [-0.3, -0.25) is 14.6 Å². The number of aliphatic carboxylic acids is 1. The molecule has 1 saturated carbocycles. The second kappa shape index (κ2) is 4.18. The van der Waals surface area contributed by atoms with Gasteiger partial charge in [0.1, 0.15) is 6.54 Å². The third-order valence-electron chi connectivity index (χ3n) is 3.16. The highest BCUT2D eigenvalue weighted by molar-refractivity contribution is 5.81. The molecule has 1 amide bonds. The summed E-state index contributed by atoms with van der Waals surface area (Å²) >= 11 is 0. The van der Waals surface area contributed by atoms with E-state index < -0.39 is 5.97 Å². The molecule has 0 aromatic rings. The highest BCUT2D eigenvalue weighted by atomic mass is 16.4. The van der Waals surface area contributed by atoms with E-state index in [9.17, 15) is 9.59 Å². The Bertz CT molecular complexity index is 276. The number of amides is 1. The maximum absolute atomic E-state index is 11.6. The second-order valence-electron chi connectivity index (χ2n) is 4.20. The monoisotopic (exact) mass is 212 g/mol. The van der Waals surface area contributed by atoms with Crippen LogP contribution in [0.5, 0.6) is 0 Å². The molecule has 0 aromatic heterocycles. The van der Waals surface area contributed by atoms with E-state index in [1.807, 2.05) is 5.01 Å². The van der Waals surface area contributed by atoms with Gasteiger partial charge in [-0.2, -0.15) is 0 Å². The highest BCUT2D eigenvalue weighted by Crippen LogP contribution is 2.28. The summed E-state index contributed by atoms with van der Waals surface area (Å²) in [4.78, 5) is 22.3. The molecule has 84 valence electrons. The van der Waals surface area contributed by atoms with Crippen LogP contribution in [0.2, 0.25) is 0 Å². The van der Waals surface area contributed by atoms with Gasteiger partial charge in [-0.05, 0) is 19.3 Å². The van der Waals surface area contributed by atoms with Gasteiger partial charge in [-0.25, -0.2) is 5.01 Å². The van der Waals surface area contributed by atoms with E-state index in [0.29, 0.717) is 12.5 Å². The third kappa shape index (κ3) is 2.12. The molecule has 1 heterocycles. The minimum absolute atomic E-state index is 0.0458. The Morgan fingerprint density at radius 2 is 2.13 bits per heavy atom. The van der Waals surface area contributed by atoms with Gasteiger partial charge in [-0.1, -0.05) is 6.42 Å². The van der Waals surface area contributed by atoms with Crippen molar-refractivity contribution in [3.8, 4) is 0 Å². The molecule has 0 atom stereocenters. The lowest BCUT2D eigenvalue weighted by molar-refractivity contribution is -0.172. The van der Waals surface area contributed by atoms with E-state index in [1.165, 1.54) is 11.4 Å². The van der Waals surface area contributed by atoms with Crippen LogP contribution in [0.1, 0.15) is 32.1 Å². The normalized spacial score (nSPS) is 24.0. The summed E-state index contributed by atoms with van der Waals surface area (Å²) in [5.41, 5.74) is 0. The van der Waals surface area contributed by atoms with Crippen molar-refractivity contribution in [2.45, 2.75) is 38.1 Å². The van der Waals surface area contributed by atoms with Crippen molar-refractivity contribution in [3.05, 3.63) is 0 Å². The van der Waals surface area contributed by atoms with E-state index >= 15 is 0 Å². The van der Waals surface area contributed by atoms with Crippen LogP contribution in [0.15, 0.2) is 0 Å². The van der Waals surface area contributed by atoms with Crippen LogP contribution < -0.4 is 0 Å². The van der Waals surface area contributed by atoms with E-state index in [0.717, 1.165) is 25.8 Å². The minimum atomic E-state index is -0.936. The average Bonchev–Trinajstić information content (AvgIpc) is 2.07. The number of nitrogens with zero attached hydrogens (tertiary/aromatic N) is 2. The number of carboxylic acid groups (broad SMARTS) is 1. The molecule has 2 aliphatic rings. The molecular weight excluding hydrogens is 196 g/mol. The summed E-state index contributed by atoms with van der Waals surface area (Å²) in [5.74, 6) is -0.981. The number of carboxylic acids is 1. The van der Waals surface area contributed by atoms with Gasteiger partial charge < -0.3 is 5.11 Å². The predicted octanol–water partition coefficient (Wildman–Crippen LogP) is 0.463. The van der Waals surface area contributed by atoms with Crippen molar-refractivity contribution < 1.29 is 14.7 Å². The van der Waals surface area contributed by atoms with Crippen LogP contribution in [0.4, 0.5) is 0 Å². The molecular formula is C10H16N2O3. The maximum atomic E-state index is 11.6. The standard InChI is InChI=1S/C10H16N2O3/c13-9-5-2-6-11(8-3-1-4-8)12(9)7-10(14)15/h8H,1-7H2,(H,14,15). The van der Waals surface area contributed by atoms with Crippen molar-refractivity contribution in [2.75, 3.05) is 13.1 Å². The van der Waals surface area contributed by atoms with Gasteiger partial charge in [0.15, 0.2) is 0 Å². The molecule has 5 heteroatoms. The molecule has 0 spiro atoms. The first-order valence-electron chi connectivity index (χ1n) is 5.47. The topological polar surface area (TPSA) is 60.9 Å². The van der Waals surface area contributed by atoms with Crippen molar-refractivity contribution in [3.63, 3.8) is 0 Å². The molecule has 15 heavy (non-hydrogen) atoms. The van der Waals surface area contributed by atoms with Crippen LogP contribution in [0, 0.1) is 0 Å². The van der Waals surface area contributed by atoms with Gasteiger partial charge >= 0.3 is 5.97 Å². The fourth-order valence-electron chi connectivity index (χ4n) is 2.16. The van der Waals surface area contributed by atoms with Crippen LogP contribution in [-0.2, 0) is 9.59 Å². The molecule has 1 aliphatic carbocycles. The van der Waals surface area contributed by atoms with E-state index in [2.05, 4.69) is 0 Å². The lowest BCUT2D eigenvalue weighted by Crippen LogP contribution is -2.58. The Labute approximate surface area is 88.6 Å². The molecule has 2 rings (SSSR count). The summed E-state index contributed by atoms with van der Waals surface area (Å²) in [5, 5.41) is 12.1.